The molecule has 0 aliphatic carbocycles. The molecular weight excluding hydrogens is 396 g/mol. The van der Waals surface area contributed by atoms with Crippen molar-refractivity contribution < 1.29 is 17.6 Å². The van der Waals surface area contributed by atoms with Gasteiger partial charge in [-0.2, -0.15) is 0 Å². The average molecular weight is 414 g/mol. The van der Waals surface area contributed by atoms with Crippen molar-refractivity contribution in [3.63, 3.8) is 0 Å². The largest absolute Gasteiger partial charge is 0.338 e. The fraction of sp³-hybridized carbons (Fsp3) is 0.273. The molecule has 4 aromatic rings. The summed E-state index contributed by atoms with van der Waals surface area (Å²) in [4.78, 5) is 13.3. The van der Waals surface area contributed by atoms with Gasteiger partial charge < -0.3 is 4.98 Å². The zero-order valence-electron chi connectivity index (χ0n) is 15.9. The molecule has 0 bridgehead atoms. The maximum atomic E-state index is 13.9. The van der Waals surface area contributed by atoms with Crippen LogP contribution in [0.15, 0.2) is 36.5 Å². The van der Waals surface area contributed by atoms with Gasteiger partial charge in [-0.3, -0.25) is 9.88 Å². The quantitative estimate of drug-likeness (QED) is 0.377. The Morgan fingerprint density at radius 2 is 1.80 bits per heavy atom. The molecule has 0 atom stereocenters. The molecule has 8 heteroatoms. The highest BCUT2D eigenvalue weighted by atomic mass is 19.2. The first-order chi connectivity index (χ1) is 14.5. The first-order valence-electron chi connectivity index (χ1n) is 9.78. The highest BCUT2D eigenvalue weighted by molar-refractivity contribution is 5.82. The van der Waals surface area contributed by atoms with E-state index in [9.17, 15) is 17.6 Å². The van der Waals surface area contributed by atoms with E-state index in [1.54, 1.807) is 12.3 Å². The number of nitrogens with zero attached hydrogens (tertiary/aromatic N) is 3. The Bertz CT molecular complexity index is 1250. The molecule has 1 fully saturated rings. The molecule has 2 aromatic carbocycles. The summed E-state index contributed by atoms with van der Waals surface area (Å²) in [5, 5.41) is 0.834. The van der Waals surface area contributed by atoms with E-state index < -0.39 is 17.5 Å². The minimum absolute atomic E-state index is 0.191. The van der Waals surface area contributed by atoms with Gasteiger partial charge in [-0.1, -0.05) is 0 Å². The Hall–Kier alpha value is -3.00. The van der Waals surface area contributed by atoms with Crippen molar-refractivity contribution >= 4 is 21.9 Å². The second-order valence-corrected chi connectivity index (χ2v) is 7.67. The molecule has 0 saturated carbocycles. The van der Waals surface area contributed by atoms with Crippen LogP contribution >= 0.6 is 0 Å². The monoisotopic (exact) mass is 414 g/mol. The van der Waals surface area contributed by atoms with Crippen LogP contribution in [-0.2, 0) is 6.54 Å². The minimum atomic E-state index is -1.24. The Balaban J connectivity index is 1.32. The van der Waals surface area contributed by atoms with Gasteiger partial charge in [-0.25, -0.2) is 22.5 Å². The van der Waals surface area contributed by atoms with Crippen LogP contribution in [0.2, 0.25) is 0 Å². The number of benzene rings is 2. The van der Waals surface area contributed by atoms with Crippen LogP contribution in [0.4, 0.5) is 17.6 Å². The van der Waals surface area contributed by atoms with Crippen molar-refractivity contribution in [3.05, 3.63) is 71.2 Å². The predicted octanol–water partition coefficient (Wildman–Crippen LogP) is 5.05. The second kappa shape index (κ2) is 7.36. The van der Waals surface area contributed by atoms with E-state index in [2.05, 4.69) is 19.9 Å². The summed E-state index contributed by atoms with van der Waals surface area (Å²) in [5.74, 6) is -2.87. The molecule has 1 aliphatic heterocycles. The molecule has 2 aromatic heterocycles. The molecule has 0 amide bonds. The van der Waals surface area contributed by atoms with Crippen LogP contribution in [0.1, 0.15) is 30.1 Å². The van der Waals surface area contributed by atoms with Crippen LogP contribution in [0, 0.1) is 23.3 Å². The number of nitrogens with one attached hydrogen (secondary N) is 1. The van der Waals surface area contributed by atoms with Gasteiger partial charge in [-0.15, -0.1) is 0 Å². The lowest BCUT2D eigenvalue weighted by atomic mass is 9.87. The number of halogens is 4. The molecule has 0 spiro atoms. The normalized spacial score (nSPS) is 16.0. The van der Waals surface area contributed by atoms with E-state index >= 15 is 0 Å². The van der Waals surface area contributed by atoms with Crippen molar-refractivity contribution in [2.24, 2.45) is 0 Å². The number of aromatic nitrogens is 3. The van der Waals surface area contributed by atoms with E-state index in [1.807, 2.05) is 6.07 Å². The van der Waals surface area contributed by atoms with Crippen LogP contribution in [0.5, 0.6) is 0 Å². The number of pyridine rings is 1. The van der Waals surface area contributed by atoms with E-state index in [1.165, 1.54) is 12.1 Å². The molecule has 1 aliphatic rings. The van der Waals surface area contributed by atoms with E-state index in [0.717, 1.165) is 42.4 Å². The summed E-state index contributed by atoms with van der Waals surface area (Å²) < 4.78 is 54.9. The molecule has 3 heterocycles. The number of piperidine rings is 1. The number of rotatable bonds is 3. The Morgan fingerprint density at radius 1 is 1.00 bits per heavy atom. The van der Waals surface area contributed by atoms with Gasteiger partial charge in [0.2, 0.25) is 0 Å². The fourth-order valence-electron chi connectivity index (χ4n) is 4.30. The highest BCUT2D eigenvalue weighted by Gasteiger charge is 2.24. The maximum Gasteiger partial charge on any atom is 0.184 e. The van der Waals surface area contributed by atoms with Gasteiger partial charge in [0.1, 0.15) is 22.7 Å². The van der Waals surface area contributed by atoms with Crippen molar-refractivity contribution in [2.75, 3.05) is 13.1 Å². The van der Waals surface area contributed by atoms with Crippen LogP contribution in [0.25, 0.3) is 21.9 Å². The smallest absolute Gasteiger partial charge is 0.184 e. The summed E-state index contributed by atoms with van der Waals surface area (Å²) >= 11 is 0. The number of aromatic amines is 1. The third-order valence-corrected chi connectivity index (χ3v) is 5.80. The summed E-state index contributed by atoms with van der Waals surface area (Å²) in [6.07, 6.45) is 3.46. The molecule has 1 saturated heterocycles. The molecule has 30 heavy (non-hydrogen) atoms. The number of H-pyrrole nitrogens is 1. The summed E-state index contributed by atoms with van der Waals surface area (Å²) in [5.41, 5.74) is 1.42. The third-order valence-electron chi connectivity index (χ3n) is 5.80. The molecule has 0 unspecified atom stereocenters. The Labute approximate surface area is 169 Å². The number of imidazole rings is 1. The number of hydrogen-bond donors (Lipinski definition) is 1. The van der Waals surface area contributed by atoms with Crippen LogP contribution in [-0.4, -0.2) is 32.9 Å². The summed E-state index contributed by atoms with van der Waals surface area (Å²) in [6.45, 7) is 1.88. The fourth-order valence-corrected chi connectivity index (χ4v) is 4.30. The van der Waals surface area contributed by atoms with Crippen LogP contribution in [0.3, 0.4) is 0 Å². The van der Waals surface area contributed by atoms with Gasteiger partial charge >= 0.3 is 0 Å². The number of fused-ring (bicyclic) bond motifs is 2. The SMILES string of the molecule is Fc1ccc2nccc(C3CCN(Cc4nc5c(F)cc(F)c(F)c5[nH]4)CC3)c2c1. The lowest BCUT2D eigenvalue weighted by molar-refractivity contribution is 0.201. The molecular formula is C22H18F4N4. The summed E-state index contributed by atoms with van der Waals surface area (Å²) in [6, 6.07) is 7.08. The average Bonchev–Trinajstić information content (AvgIpc) is 3.17. The molecule has 154 valence electrons. The van der Waals surface area contributed by atoms with E-state index in [0.29, 0.717) is 18.4 Å². The predicted molar refractivity (Wildman–Crippen MR) is 105 cm³/mol. The topological polar surface area (TPSA) is 44.8 Å². The third kappa shape index (κ3) is 3.31. The highest BCUT2D eigenvalue weighted by Crippen LogP contribution is 2.33. The van der Waals surface area contributed by atoms with Crippen molar-refractivity contribution in [1.29, 1.82) is 0 Å². The van der Waals surface area contributed by atoms with Crippen molar-refractivity contribution in [2.45, 2.75) is 25.3 Å². The lowest BCUT2D eigenvalue weighted by Crippen LogP contribution is -2.32. The number of hydrogen-bond acceptors (Lipinski definition) is 3. The molecule has 1 N–H and O–H groups in total. The van der Waals surface area contributed by atoms with E-state index in [-0.39, 0.29) is 22.8 Å². The molecule has 5 rings (SSSR count). The zero-order chi connectivity index (χ0) is 20.8. The first kappa shape index (κ1) is 19.0. The van der Waals surface area contributed by atoms with Gasteiger partial charge in [-0.05, 0) is 61.7 Å². The van der Waals surface area contributed by atoms with Gasteiger partial charge in [0.05, 0.1) is 12.1 Å². The molecule has 0 radical (unpaired) electrons. The Morgan fingerprint density at radius 3 is 2.60 bits per heavy atom. The first-order valence-corrected chi connectivity index (χ1v) is 9.78. The standard InChI is InChI=1S/C22H18F4N4/c23-13-1-2-18-15(9-13)14(3-6-27-18)12-4-7-30(8-5-12)11-19-28-21-17(25)10-16(24)20(26)22(21)29-19/h1-3,6,9-10,12H,4-5,7-8,11H2,(H,28,29). The molecule has 4 nitrogen and oxygen atoms in total. The van der Waals surface area contributed by atoms with Crippen molar-refractivity contribution in [3.8, 4) is 0 Å². The van der Waals surface area contributed by atoms with Gasteiger partial charge in [0.25, 0.3) is 0 Å². The summed E-state index contributed by atoms with van der Waals surface area (Å²) in [7, 11) is 0. The zero-order valence-corrected chi connectivity index (χ0v) is 15.9. The van der Waals surface area contributed by atoms with E-state index in [4.69, 9.17) is 0 Å². The van der Waals surface area contributed by atoms with Crippen molar-refractivity contribution in [1.82, 2.24) is 19.9 Å². The van der Waals surface area contributed by atoms with Gasteiger partial charge in [0, 0.05) is 17.6 Å². The maximum absolute atomic E-state index is 13.9. The minimum Gasteiger partial charge on any atom is -0.338 e. The Kier molecular flexibility index (Phi) is 4.66. The lowest BCUT2D eigenvalue weighted by Gasteiger charge is -2.32. The second-order valence-electron chi connectivity index (χ2n) is 7.67. The number of likely N-dealkylation sites (tertiary alicyclic amines) is 1. The van der Waals surface area contributed by atoms with Gasteiger partial charge in [0.15, 0.2) is 17.5 Å². The van der Waals surface area contributed by atoms with Crippen LogP contribution < -0.4 is 0 Å².